The molecular weight excluding hydrogens is 343 g/mol. The zero-order valence-electron chi connectivity index (χ0n) is 14.2. The summed E-state index contributed by atoms with van der Waals surface area (Å²) in [4.78, 5) is 8.41. The number of benzene rings is 3. The van der Waals surface area contributed by atoms with Crippen molar-refractivity contribution in [2.24, 2.45) is 0 Å². The van der Waals surface area contributed by atoms with Crippen LogP contribution in [0.25, 0.3) is 11.1 Å². The van der Waals surface area contributed by atoms with Gasteiger partial charge in [-0.25, -0.2) is 14.4 Å². The van der Waals surface area contributed by atoms with E-state index in [1.165, 1.54) is 12.1 Å². The van der Waals surface area contributed by atoms with Gasteiger partial charge in [-0.1, -0.05) is 30.3 Å². The molecule has 0 unspecified atom stereocenters. The van der Waals surface area contributed by atoms with Gasteiger partial charge in [0.25, 0.3) is 0 Å². The summed E-state index contributed by atoms with van der Waals surface area (Å²) in [7, 11) is 0. The molecule has 0 spiro atoms. The molecule has 0 saturated heterocycles. The molecule has 132 valence electrons. The van der Waals surface area contributed by atoms with E-state index in [2.05, 4.69) is 9.97 Å². The van der Waals surface area contributed by atoms with Crippen molar-refractivity contribution in [1.29, 1.82) is 0 Å². The van der Waals surface area contributed by atoms with E-state index >= 15 is 0 Å². The average Bonchev–Trinajstić information content (AvgIpc) is 2.72. The Hall–Kier alpha value is -3.73. The minimum Gasteiger partial charge on any atom is -0.457 e. The maximum atomic E-state index is 13.0. The smallest absolute Gasteiger partial charge is 0.321 e. The lowest BCUT2D eigenvalue weighted by Gasteiger charge is -2.07. The molecule has 5 heteroatoms. The molecule has 0 saturated carbocycles. The summed E-state index contributed by atoms with van der Waals surface area (Å²) in [5.74, 6) is 1.80. The molecule has 0 aliphatic heterocycles. The molecular formula is C22H15FN2O2. The lowest BCUT2D eigenvalue weighted by molar-refractivity contribution is 0.438. The van der Waals surface area contributed by atoms with Crippen LogP contribution in [-0.4, -0.2) is 9.97 Å². The summed E-state index contributed by atoms with van der Waals surface area (Å²) >= 11 is 0. The lowest BCUT2D eigenvalue weighted by Crippen LogP contribution is -1.92. The number of hydrogen-bond donors (Lipinski definition) is 0. The van der Waals surface area contributed by atoms with Crippen LogP contribution < -0.4 is 9.47 Å². The fourth-order valence-corrected chi connectivity index (χ4v) is 2.47. The van der Waals surface area contributed by atoms with E-state index in [1.54, 1.807) is 36.7 Å². The van der Waals surface area contributed by atoms with Crippen LogP contribution in [0, 0.1) is 5.82 Å². The Bertz CT molecular complexity index is 1000. The van der Waals surface area contributed by atoms with Gasteiger partial charge in [0.05, 0.1) is 0 Å². The molecule has 1 heterocycles. The molecule has 4 rings (SSSR count). The first-order valence-electron chi connectivity index (χ1n) is 8.35. The van der Waals surface area contributed by atoms with E-state index < -0.39 is 0 Å². The van der Waals surface area contributed by atoms with E-state index in [4.69, 9.17) is 9.47 Å². The first kappa shape index (κ1) is 16.7. The maximum absolute atomic E-state index is 13.0. The molecule has 0 aliphatic rings. The second kappa shape index (κ2) is 7.66. The molecule has 4 aromatic rings. The van der Waals surface area contributed by atoms with Crippen molar-refractivity contribution >= 4 is 0 Å². The molecule has 0 atom stereocenters. The maximum Gasteiger partial charge on any atom is 0.321 e. The van der Waals surface area contributed by atoms with Crippen molar-refractivity contribution in [2.75, 3.05) is 0 Å². The van der Waals surface area contributed by atoms with Gasteiger partial charge in [-0.15, -0.1) is 0 Å². The van der Waals surface area contributed by atoms with Crippen LogP contribution in [0.1, 0.15) is 0 Å². The Morgan fingerprint density at radius 3 is 1.74 bits per heavy atom. The first-order valence-corrected chi connectivity index (χ1v) is 8.35. The fraction of sp³-hybridized carbons (Fsp3) is 0. The molecule has 0 fully saturated rings. The number of para-hydroxylation sites is 1. The number of nitrogens with zero attached hydrogens (tertiary/aromatic N) is 2. The zero-order chi connectivity index (χ0) is 18.5. The van der Waals surface area contributed by atoms with E-state index in [0.717, 1.165) is 16.9 Å². The zero-order valence-corrected chi connectivity index (χ0v) is 14.2. The van der Waals surface area contributed by atoms with Gasteiger partial charge < -0.3 is 9.47 Å². The highest BCUT2D eigenvalue weighted by atomic mass is 19.1. The highest BCUT2D eigenvalue weighted by molar-refractivity contribution is 5.61. The summed E-state index contributed by atoms with van der Waals surface area (Å²) in [5.41, 5.74) is 1.62. The van der Waals surface area contributed by atoms with Crippen molar-refractivity contribution in [3.63, 3.8) is 0 Å². The van der Waals surface area contributed by atoms with Crippen molar-refractivity contribution in [3.05, 3.63) is 97.1 Å². The van der Waals surface area contributed by atoms with Crippen LogP contribution >= 0.6 is 0 Å². The molecule has 1 aromatic heterocycles. The van der Waals surface area contributed by atoms with Gasteiger partial charge in [-0.05, 0) is 54.1 Å². The van der Waals surface area contributed by atoms with Gasteiger partial charge >= 0.3 is 6.01 Å². The predicted molar refractivity (Wildman–Crippen MR) is 100 cm³/mol. The highest BCUT2D eigenvalue weighted by Crippen LogP contribution is 2.26. The minimum atomic E-state index is -0.278. The van der Waals surface area contributed by atoms with Crippen LogP contribution in [0.5, 0.6) is 23.3 Å². The van der Waals surface area contributed by atoms with Crippen molar-refractivity contribution in [3.8, 4) is 34.4 Å². The third-order valence-corrected chi connectivity index (χ3v) is 3.82. The Labute approximate surface area is 155 Å². The Morgan fingerprint density at radius 1 is 0.556 bits per heavy atom. The van der Waals surface area contributed by atoms with Crippen LogP contribution in [-0.2, 0) is 0 Å². The topological polar surface area (TPSA) is 44.2 Å². The third-order valence-electron chi connectivity index (χ3n) is 3.82. The van der Waals surface area contributed by atoms with Crippen LogP contribution in [0.3, 0.4) is 0 Å². The average molecular weight is 358 g/mol. The largest absolute Gasteiger partial charge is 0.457 e. The predicted octanol–water partition coefficient (Wildman–Crippen LogP) is 5.87. The summed E-state index contributed by atoms with van der Waals surface area (Å²) in [6.45, 7) is 0. The van der Waals surface area contributed by atoms with Gasteiger partial charge in [-0.3, -0.25) is 0 Å². The highest BCUT2D eigenvalue weighted by Gasteiger charge is 2.04. The summed E-state index contributed by atoms with van der Waals surface area (Å²) < 4.78 is 24.4. The molecule has 0 bridgehead atoms. The Kier molecular flexibility index (Phi) is 4.74. The molecule has 0 aliphatic carbocycles. The molecule has 0 amide bonds. The normalized spacial score (nSPS) is 10.4. The van der Waals surface area contributed by atoms with Crippen molar-refractivity contribution in [1.82, 2.24) is 9.97 Å². The van der Waals surface area contributed by atoms with Gasteiger partial charge in [-0.2, -0.15) is 0 Å². The summed E-state index contributed by atoms with van der Waals surface area (Å²) in [6, 6.07) is 23.2. The number of ether oxygens (including phenoxy) is 2. The van der Waals surface area contributed by atoms with Gasteiger partial charge in [0.1, 0.15) is 23.1 Å². The number of hydrogen-bond acceptors (Lipinski definition) is 4. The van der Waals surface area contributed by atoms with Crippen LogP contribution in [0.2, 0.25) is 0 Å². The van der Waals surface area contributed by atoms with E-state index in [0.29, 0.717) is 11.5 Å². The Balaban J connectivity index is 1.42. The number of rotatable bonds is 5. The molecule has 4 nitrogen and oxygen atoms in total. The second-order valence-electron chi connectivity index (χ2n) is 5.75. The molecule has 27 heavy (non-hydrogen) atoms. The van der Waals surface area contributed by atoms with E-state index in [-0.39, 0.29) is 11.8 Å². The number of aromatic nitrogens is 2. The SMILES string of the molecule is Fc1ccc(-c2cnc(Oc3ccc(Oc4ccccc4)cc3)nc2)cc1. The van der Waals surface area contributed by atoms with E-state index in [1.807, 2.05) is 42.5 Å². The van der Waals surface area contributed by atoms with Gasteiger partial charge in [0, 0.05) is 18.0 Å². The van der Waals surface area contributed by atoms with Crippen LogP contribution in [0.4, 0.5) is 4.39 Å². The Morgan fingerprint density at radius 2 is 1.11 bits per heavy atom. The first-order chi connectivity index (χ1) is 13.3. The van der Waals surface area contributed by atoms with Gasteiger partial charge in [0.15, 0.2) is 0 Å². The van der Waals surface area contributed by atoms with Gasteiger partial charge in [0.2, 0.25) is 0 Å². The third kappa shape index (κ3) is 4.27. The van der Waals surface area contributed by atoms with Crippen molar-refractivity contribution < 1.29 is 13.9 Å². The van der Waals surface area contributed by atoms with Crippen molar-refractivity contribution in [2.45, 2.75) is 0 Å². The lowest BCUT2D eigenvalue weighted by atomic mass is 10.1. The summed E-state index contributed by atoms with van der Waals surface area (Å²) in [6.07, 6.45) is 3.28. The summed E-state index contributed by atoms with van der Waals surface area (Å²) in [5, 5.41) is 0. The van der Waals surface area contributed by atoms with E-state index in [9.17, 15) is 4.39 Å². The second-order valence-corrected chi connectivity index (χ2v) is 5.75. The standard InChI is InChI=1S/C22H15FN2O2/c23-18-8-6-16(7-9-18)17-14-24-22(25-15-17)27-21-12-10-20(11-13-21)26-19-4-2-1-3-5-19/h1-15H. The molecule has 0 radical (unpaired) electrons. The monoisotopic (exact) mass is 358 g/mol. The fourth-order valence-electron chi connectivity index (χ4n) is 2.47. The molecule has 3 aromatic carbocycles. The quantitative estimate of drug-likeness (QED) is 0.448. The number of halogens is 1. The molecule has 0 N–H and O–H groups in total. The van der Waals surface area contributed by atoms with Crippen LogP contribution in [0.15, 0.2) is 91.3 Å². The minimum absolute atomic E-state index is 0.234.